The zero-order valence-electron chi connectivity index (χ0n) is 13.3. The molecule has 0 spiro atoms. The van der Waals surface area contributed by atoms with Crippen molar-refractivity contribution in [1.82, 2.24) is 10.2 Å². The Morgan fingerprint density at radius 2 is 2.25 bits per heavy atom. The van der Waals surface area contributed by atoms with Crippen molar-refractivity contribution in [3.8, 4) is 5.75 Å². The van der Waals surface area contributed by atoms with Gasteiger partial charge in [-0.3, -0.25) is 19.6 Å². The van der Waals surface area contributed by atoms with E-state index in [0.29, 0.717) is 17.3 Å². The third-order valence-corrected chi connectivity index (χ3v) is 4.15. The highest BCUT2D eigenvalue weighted by atomic mass is 79.9. The molecule has 1 aromatic carbocycles. The Bertz CT molecular complexity index is 787. The second-order valence-electron chi connectivity index (χ2n) is 5.79. The lowest BCUT2D eigenvalue weighted by atomic mass is 10.1. The number of benzene rings is 1. The molecular formula is C16H17BrN4O3. The summed E-state index contributed by atoms with van der Waals surface area (Å²) in [5.41, 5.74) is 1.51. The summed E-state index contributed by atoms with van der Waals surface area (Å²) in [5, 5.41) is 9.63. The quantitative estimate of drug-likeness (QED) is 0.836. The molecule has 0 aliphatic carbocycles. The predicted octanol–water partition coefficient (Wildman–Crippen LogP) is 2.66. The highest BCUT2D eigenvalue weighted by Gasteiger charge is 2.27. The number of fused-ring (bicyclic) bond motifs is 1. The third kappa shape index (κ3) is 3.43. The van der Waals surface area contributed by atoms with Gasteiger partial charge in [0.25, 0.3) is 5.91 Å². The van der Waals surface area contributed by atoms with Crippen LogP contribution in [-0.4, -0.2) is 35.2 Å². The van der Waals surface area contributed by atoms with Crippen molar-refractivity contribution in [2.24, 2.45) is 0 Å². The lowest BCUT2D eigenvalue weighted by molar-refractivity contribution is -0.123. The first kappa shape index (κ1) is 16.5. The van der Waals surface area contributed by atoms with Crippen LogP contribution in [0.15, 0.2) is 28.7 Å². The molecule has 1 aromatic heterocycles. The van der Waals surface area contributed by atoms with Gasteiger partial charge in [-0.25, -0.2) is 0 Å². The van der Waals surface area contributed by atoms with E-state index >= 15 is 0 Å². The monoisotopic (exact) mass is 392 g/mol. The van der Waals surface area contributed by atoms with E-state index < -0.39 is 0 Å². The van der Waals surface area contributed by atoms with Gasteiger partial charge in [0.1, 0.15) is 12.3 Å². The minimum absolute atomic E-state index is 0.0867. The number of carbonyl (C=O) groups excluding carboxylic acids is 2. The minimum atomic E-state index is -0.319. The maximum absolute atomic E-state index is 12.3. The zero-order chi connectivity index (χ0) is 17.3. The molecule has 0 bridgehead atoms. The molecule has 2 amide bonds. The smallest absolute Gasteiger partial charge is 0.265 e. The Morgan fingerprint density at radius 1 is 1.46 bits per heavy atom. The normalized spacial score (nSPS) is 13.7. The van der Waals surface area contributed by atoms with Gasteiger partial charge >= 0.3 is 0 Å². The van der Waals surface area contributed by atoms with Crippen molar-refractivity contribution in [2.75, 3.05) is 23.4 Å². The molecule has 0 saturated carbocycles. The van der Waals surface area contributed by atoms with Gasteiger partial charge in [-0.1, -0.05) is 29.8 Å². The van der Waals surface area contributed by atoms with Gasteiger partial charge in [0, 0.05) is 16.2 Å². The van der Waals surface area contributed by atoms with E-state index in [-0.39, 0.29) is 30.9 Å². The van der Waals surface area contributed by atoms with Gasteiger partial charge in [-0.05, 0) is 24.1 Å². The standard InChI is InChI=1S/C16H17BrN4O3/c1-9(2)11-6-14(20-19-11)18-15(22)7-21-12-4-3-10(17)5-13(12)24-8-16(21)23/h3-6,9H,7-8H2,1-2H3,(H2,18,19,20,22). The number of nitrogens with zero attached hydrogens (tertiary/aromatic N) is 2. The van der Waals surface area contributed by atoms with E-state index in [1.165, 1.54) is 4.90 Å². The van der Waals surface area contributed by atoms with Crippen LogP contribution in [0.2, 0.25) is 0 Å². The average Bonchev–Trinajstić information content (AvgIpc) is 2.99. The van der Waals surface area contributed by atoms with Crippen molar-refractivity contribution in [1.29, 1.82) is 0 Å². The molecule has 2 N–H and O–H groups in total. The van der Waals surface area contributed by atoms with Crippen molar-refractivity contribution in [3.05, 3.63) is 34.4 Å². The zero-order valence-corrected chi connectivity index (χ0v) is 14.9. The summed E-state index contributed by atoms with van der Waals surface area (Å²) >= 11 is 3.36. The molecule has 2 heterocycles. The van der Waals surface area contributed by atoms with Gasteiger partial charge < -0.3 is 10.1 Å². The summed E-state index contributed by atoms with van der Waals surface area (Å²) in [6, 6.07) is 7.10. The number of amides is 2. The highest BCUT2D eigenvalue weighted by Crippen LogP contribution is 2.34. The fraction of sp³-hybridized carbons (Fsp3) is 0.312. The van der Waals surface area contributed by atoms with Crippen LogP contribution in [0.1, 0.15) is 25.5 Å². The number of ether oxygens (including phenoxy) is 1. The first-order chi connectivity index (χ1) is 11.4. The number of anilines is 2. The molecule has 0 fully saturated rings. The van der Waals surface area contributed by atoms with Crippen LogP contribution in [-0.2, 0) is 9.59 Å². The largest absolute Gasteiger partial charge is 0.482 e. The van der Waals surface area contributed by atoms with E-state index in [1.807, 2.05) is 13.8 Å². The third-order valence-electron chi connectivity index (χ3n) is 3.65. The number of hydrogen-bond acceptors (Lipinski definition) is 4. The van der Waals surface area contributed by atoms with E-state index in [0.717, 1.165) is 10.2 Å². The van der Waals surface area contributed by atoms with E-state index in [9.17, 15) is 9.59 Å². The van der Waals surface area contributed by atoms with Crippen LogP contribution in [0.25, 0.3) is 0 Å². The Morgan fingerprint density at radius 3 is 2.96 bits per heavy atom. The molecule has 0 saturated heterocycles. The van der Waals surface area contributed by atoms with Crippen molar-refractivity contribution in [2.45, 2.75) is 19.8 Å². The van der Waals surface area contributed by atoms with Crippen molar-refractivity contribution < 1.29 is 14.3 Å². The van der Waals surface area contributed by atoms with Crippen LogP contribution in [0.5, 0.6) is 5.75 Å². The number of halogens is 1. The van der Waals surface area contributed by atoms with Crippen LogP contribution in [0, 0.1) is 0 Å². The minimum Gasteiger partial charge on any atom is -0.482 e. The Labute approximate surface area is 147 Å². The lowest BCUT2D eigenvalue weighted by Crippen LogP contribution is -2.43. The van der Waals surface area contributed by atoms with Gasteiger partial charge in [-0.15, -0.1) is 0 Å². The number of hydrogen-bond donors (Lipinski definition) is 2. The fourth-order valence-electron chi connectivity index (χ4n) is 2.37. The predicted molar refractivity (Wildman–Crippen MR) is 93.3 cm³/mol. The lowest BCUT2D eigenvalue weighted by Gasteiger charge is -2.28. The molecule has 0 atom stereocenters. The van der Waals surface area contributed by atoms with Crippen LogP contribution in [0.3, 0.4) is 0 Å². The number of aromatic amines is 1. The molecule has 1 aliphatic heterocycles. The average molecular weight is 393 g/mol. The number of carbonyl (C=O) groups is 2. The van der Waals surface area contributed by atoms with Gasteiger partial charge in [-0.2, -0.15) is 5.10 Å². The maximum Gasteiger partial charge on any atom is 0.265 e. The molecule has 2 aromatic rings. The Hall–Kier alpha value is -2.35. The topological polar surface area (TPSA) is 87.3 Å². The van der Waals surface area contributed by atoms with Crippen LogP contribution < -0.4 is 15.0 Å². The summed E-state index contributed by atoms with van der Waals surface area (Å²) in [6.07, 6.45) is 0. The second kappa shape index (κ2) is 6.64. The summed E-state index contributed by atoms with van der Waals surface area (Å²) < 4.78 is 6.25. The number of nitrogens with one attached hydrogen (secondary N) is 2. The first-order valence-corrected chi connectivity index (χ1v) is 8.31. The van der Waals surface area contributed by atoms with Crippen molar-refractivity contribution >= 4 is 39.2 Å². The Kier molecular flexibility index (Phi) is 4.57. The summed E-state index contributed by atoms with van der Waals surface area (Å²) in [4.78, 5) is 25.8. The van der Waals surface area contributed by atoms with Crippen LogP contribution in [0.4, 0.5) is 11.5 Å². The fourth-order valence-corrected chi connectivity index (χ4v) is 2.71. The van der Waals surface area contributed by atoms with Gasteiger partial charge in [0.15, 0.2) is 12.4 Å². The van der Waals surface area contributed by atoms with Crippen LogP contribution >= 0.6 is 15.9 Å². The summed E-state index contributed by atoms with van der Waals surface area (Å²) in [6.45, 7) is 3.87. The number of rotatable bonds is 4. The van der Waals surface area contributed by atoms with Gasteiger partial charge in [0.05, 0.1) is 5.69 Å². The first-order valence-electron chi connectivity index (χ1n) is 7.52. The molecule has 0 unspecified atom stereocenters. The summed E-state index contributed by atoms with van der Waals surface area (Å²) in [7, 11) is 0. The molecule has 1 aliphatic rings. The SMILES string of the molecule is CC(C)c1cc(NC(=O)CN2C(=O)COc3cc(Br)ccc32)n[nH]1. The summed E-state index contributed by atoms with van der Waals surface area (Å²) in [5.74, 6) is 0.721. The van der Waals surface area contributed by atoms with E-state index in [4.69, 9.17) is 4.74 Å². The molecular weight excluding hydrogens is 376 g/mol. The van der Waals surface area contributed by atoms with Gasteiger partial charge in [0.2, 0.25) is 5.91 Å². The second-order valence-corrected chi connectivity index (χ2v) is 6.71. The van der Waals surface area contributed by atoms with Crippen molar-refractivity contribution in [3.63, 3.8) is 0 Å². The molecule has 0 radical (unpaired) electrons. The molecule has 126 valence electrons. The van der Waals surface area contributed by atoms with E-state index in [1.54, 1.807) is 24.3 Å². The Balaban J connectivity index is 1.73. The van der Waals surface area contributed by atoms with E-state index in [2.05, 4.69) is 31.4 Å². The maximum atomic E-state index is 12.3. The number of aromatic nitrogens is 2. The molecule has 24 heavy (non-hydrogen) atoms. The molecule has 7 nitrogen and oxygen atoms in total. The number of H-pyrrole nitrogens is 1. The highest BCUT2D eigenvalue weighted by molar-refractivity contribution is 9.10. The molecule has 3 rings (SSSR count). The molecule has 8 heteroatoms.